The van der Waals surface area contributed by atoms with Gasteiger partial charge in [0.2, 0.25) is 0 Å². The number of hydrogen-bond acceptors (Lipinski definition) is 8. The summed E-state index contributed by atoms with van der Waals surface area (Å²) in [4.78, 5) is 55.6. The van der Waals surface area contributed by atoms with Crippen molar-refractivity contribution in [2.75, 3.05) is 12.5 Å². The molecule has 3 aromatic rings. The molecular formula is C36H33N3O7. The van der Waals surface area contributed by atoms with Crippen molar-refractivity contribution in [2.24, 2.45) is 29.6 Å². The van der Waals surface area contributed by atoms with E-state index in [0.717, 1.165) is 16.1 Å². The van der Waals surface area contributed by atoms with Gasteiger partial charge in [-0.05, 0) is 61.1 Å². The van der Waals surface area contributed by atoms with Crippen LogP contribution < -0.4 is 10.2 Å². The fourth-order valence-corrected chi connectivity index (χ4v) is 7.98. The van der Waals surface area contributed by atoms with Crippen LogP contribution >= 0.6 is 0 Å². The molecule has 4 amide bonds. The number of carbonyl (C=O) groups is 4. The van der Waals surface area contributed by atoms with E-state index in [-0.39, 0.29) is 29.4 Å². The van der Waals surface area contributed by atoms with Crippen LogP contribution in [0.15, 0.2) is 90.5 Å². The smallest absolute Gasteiger partial charge is 0.260 e. The molecule has 3 fully saturated rings. The second kappa shape index (κ2) is 11.0. The third-order valence-corrected chi connectivity index (χ3v) is 10.1. The van der Waals surface area contributed by atoms with Crippen molar-refractivity contribution < 1.29 is 34.2 Å². The number of aryl methyl sites for hydroxylation is 1. The number of methoxy groups -OCH3 is 1. The largest absolute Gasteiger partial charge is 0.504 e. The Morgan fingerprint density at radius 3 is 2.39 bits per heavy atom. The zero-order valence-corrected chi connectivity index (χ0v) is 25.3. The van der Waals surface area contributed by atoms with E-state index in [1.54, 1.807) is 24.3 Å². The summed E-state index contributed by atoms with van der Waals surface area (Å²) in [6.07, 6.45) is 5.97. The average Bonchev–Trinajstić information content (AvgIpc) is 3.42. The third kappa shape index (κ3) is 4.28. The van der Waals surface area contributed by atoms with E-state index in [2.05, 4.69) is 5.43 Å². The number of ether oxygens (including phenoxy) is 1. The SMILES string of the molecule is COc1cc(C=C[C@H]2C3=CC[C@@H]4C(=O)N(O)C(=O)[C@@H]4[C@@H]3C[C@H]3C(=O)N(Nc4ccc(C)cc4)C(=O)[C@@]23c2ccccc2)ccc1O. The first-order valence-corrected chi connectivity index (χ1v) is 15.3. The number of phenolic OH excluding ortho intramolecular Hbond substituents is 1. The molecule has 4 aliphatic rings. The molecule has 1 saturated carbocycles. The minimum atomic E-state index is -1.38. The number of rotatable bonds is 6. The van der Waals surface area contributed by atoms with Crippen LogP contribution in [0.1, 0.15) is 29.5 Å². The molecule has 3 aromatic carbocycles. The summed E-state index contributed by atoms with van der Waals surface area (Å²) < 4.78 is 5.30. The quantitative estimate of drug-likeness (QED) is 0.207. The maximum Gasteiger partial charge on any atom is 0.260 e. The van der Waals surface area contributed by atoms with Crippen molar-refractivity contribution in [3.8, 4) is 11.5 Å². The van der Waals surface area contributed by atoms with Crippen molar-refractivity contribution >= 4 is 35.4 Å². The van der Waals surface area contributed by atoms with Crippen molar-refractivity contribution in [1.82, 2.24) is 10.1 Å². The molecule has 234 valence electrons. The van der Waals surface area contributed by atoms with Gasteiger partial charge in [-0.3, -0.25) is 29.8 Å². The maximum absolute atomic E-state index is 14.9. The molecule has 2 saturated heterocycles. The number of aromatic hydroxyl groups is 1. The molecule has 2 heterocycles. The first kappa shape index (κ1) is 29.5. The highest BCUT2D eigenvalue weighted by atomic mass is 16.5. The van der Waals surface area contributed by atoms with E-state index in [0.29, 0.717) is 16.8 Å². The number of amides is 4. The number of nitrogens with zero attached hydrogens (tertiary/aromatic N) is 2. The molecule has 6 atom stereocenters. The van der Waals surface area contributed by atoms with Crippen molar-refractivity contribution in [3.05, 3.63) is 107 Å². The van der Waals surface area contributed by atoms with Crippen LogP contribution in [0.2, 0.25) is 0 Å². The number of hydrogen-bond donors (Lipinski definition) is 3. The van der Waals surface area contributed by atoms with Crippen LogP contribution in [-0.4, -0.2) is 51.1 Å². The van der Waals surface area contributed by atoms with E-state index in [1.807, 2.05) is 67.6 Å². The van der Waals surface area contributed by atoms with Gasteiger partial charge in [0.15, 0.2) is 11.5 Å². The van der Waals surface area contributed by atoms with Crippen molar-refractivity contribution in [1.29, 1.82) is 0 Å². The monoisotopic (exact) mass is 619 g/mol. The highest BCUT2D eigenvalue weighted by Gasteiger charge is 2.69. The van der Waals surface area contributed by atoms with E-state index in [4.69, 9.17) is 4.74 Å². The Hall–Kier alpha value is -5.22. The van der Waals surface area contributed by atoms with Crippen LogP contribution in [0, 0.1) is 36.5 Å². The third-order valence-electron chi connectivity index (χ3n) is 10.1. The lowest BCUT2D eigenvalue weighted by molar-refractivity contribution is -0.173. The number of benzene rings is 3. The molecule has 0 aromatic heterocycles. The van der Waals surface area contributed by atoms with Gasteiger partial charge in [0.25, 0.3) is 23.6 Å². The van der Waals surface area contributed by atoms with E-state index < -0.39 is 58.6 Å². The number of nitrogens with one attached hydrogen (secondary N) is 1. The zero-order chi connectivity index (χ0) is 32.3. The summed E-state index contributed by atoms with van der Waals surface area (Å²) in [7, 11) is 1.45. The number of allylic oxidation sites excluding steroid dienone is 3. The molecule has 10 heteroatoms. The molecule has 2 aliphatic carbocycles. The van der Waals surface area contributed by atoms with Gasteiger partial charge >= 0.3 is 0 Å². The van der Waals surface area contributed by atoms with Crippen LogP contribution in [0.25, 0.3) is 6.08 Å². The fourth-order valence-electron chi connectivity index (χ4n) is 7.98. The summed E-state index contributed by atoms with van der Waals surface area (Å²) in [5, 5.41) is 21.8. The standard InChI is InChI=1S/C36H33N3O7/c1-20-8-12-23(13-9-20)37-38-33(42)28-19-26-24(14-15-25-31(26)34(43)39(45)32(25)41)27(16-10-21-11-17-29(40)30(18-21)46-2)36(28,35(38)44)22-6-4-3-5-7-22/h3-14,16-18,25-28,31,37,40,45H,15,19H2,1-2H3/t25-,26+,27-,28-,31-,36-/m0/s1. The Kier molecular flexibility index (Phi) is 7.05. The lowest BCUT2D eigenvalue weighted by Gasteiger charge is -2.49. The molecule has 46 heavy (non-hydrogen) atoms. The Morgan fingerprint density at radius 1 is 0.935 bits per heavy atom. The maximum atomic E-state index is 14.9. The van der Waals surface area contributed by atoms with Gasteiger partial charge < -0.3 is 9.84 Å². The Labute approximate surface area is 265 Å². The van der Waals surface area contributed by atoms with Crippen LogP contribution in [-0.2, 0) is 24.6 Å². The molecule has 2 aliphatic heterocycles. The van der Waals surface area contributed by atoms with Crippen molar-refractivity contribution in [3.63, 3.8) is 0 Å². The number of hydroxylamine groups is 2. The predicted octanol–water partition coefficient (Wildman–Crippen LogP) is 4.63. The van der Waals surface area contributed by atoms with Gasteiger partial charge in [0.05, 0.1) is 36.0 Å². The summed E-state index contributed by atoms with van der Waals surface area (Å²) in [6.45, 7) is 1.95. The molecule has 0 unspecified atom stereocenters. The van der Waals surface area contributed by atoms with Gasteiger partial charge in [-0.15, -0.1) is 0 Å². The normalized spacial score (nSPS) is 28.7. The summed E-state index contributed by atoms with van der Waals surface area (Å²) in [6, 6.07) is 21.5. The lowest BCUT2D eigenvalue weighted by Crippen LogP contribution is -2.54. The number of phenols is 1. The molecule has 3 N–H and O–H groups in total. The molecule has 0 spiro atoms. The fraction of sp³-hybridized carbons (Fsp3) is 0.278. The molecule has 10 nitrogen and oxygen atoms in total. The molecule has 0 bridgehead atoms. The zero-order valence-electron chi connectivity index (χ0n) is 25.3. The number of anilines is 1. The predicted molar refractivity (Wildman–Crippen MR) is 167 cm³/mol. The number of imide groups is 2. The second-order valence-electron chi connectivity index (χ2n) is 12.4. The van der Waals surface area contributed by atoms with E-state index in [1.165, 1.54) is 13.2 Å². The van der Waals surface area contributed by atoms with Gasteiger partial charge in [0, 0.05) is 5.92 Å². The van der Waals surface area contributed by atoms with Gasteiger partial charge in [-0.2, -0.15) is 10.1 Å². The van der Waals surface area contributed by atoms with Crippen LogP contribution in [0.3, 0.4) is 0 Å². The molecular weight excluding hydrogens is 586 g/mol. The minimum Gasteiger partial charge on any atom is -0.504 e. The molecule has 7 rings (SSSR count). The van der Waals surface area contributed by atoms with Gasteiger partial charge in [-0.25, -0.2) is 0 Å². The topological polar surface area (TPSA) is 136 Å². The highest BCUT2D eigenvalue weighted by Crippen LogP contribution is 2.61. The van der Waals surface area contributed by atoms with E-state index >= 15 is 0 Å². The Balaban J connectivity index is 1.42. The number of hydrazine groups is 1. The van der Waals surface area contributed by atoms with Crippen molar-refractivity contribution in [2.45, 2.75) is 25.2 Å². The first-order valence-electron chi connectivity index (χ1n) is 15.3. The summed E-state index contributed by atoms with van der Waals surface area (Å²) >= 11 is 0. The number of carbonyl (C=O) groups excluding carboxylic acids is 4. The molecule has 0 radical (unpaired) electrons. The van der Waals surface area contributed by atoms with Crippen LogP contribution in [0.5, 0.6) is 11.5 Å². The minimum absolute atomic E-state index is 0.0217. The Morgan fingerprint density at radius 2 is 1.67 bits per heavy atom. The first-order chi connectivity index (χ1) is 22.2. The number of fused-ring (bicyclic) bond motifs is 4. The highest BCUT2D eigenvalue weighted by molar-refractivity contribution is 6.12. The average molecular weight is 620 g/mol. The second-order valence-corrected chi connectivity index (χ2v) is 12.4. The van der Waals surface area contributed by atoms with Crippen LogP contribution in [0.4, 0.5) is 5.69 Å². The van der Waals surface area contributed by atoms with E-state index in [9.17, 15) is 29.5 Å². The lowest BCUT2D eigenvalue weighted by atomic mass is 9.50. The van der Waals surface area contributed by atoms with Gasteiger partial charge in [-0.1, -0.05) is 77.9 Å². The van der Waals surface area contributed by atoms with Gasteiger partial charge in [0.1, 0.15) is 0 Å². The summed E-state index contributed by atoms with van der Waals surface area (Å²) in [5.74, 6) is -5.67. The summed E-state index contributed by atoms with van der Waals surface area (Å²) in [5.41, 5.74) is 5.39. The Bertz CT molecular complexity index is 1820.